The summed E-state index contributed by atoms with van der Waals surface area (Å²) in [6, 6.07) is 6.87. The quantitative estimate of drug-likeness (QED) is 0.933. The van der Waals surface area contributed by atoms with Gasteiger partial charge in [0.15, 0.2) is 0 Å². The summed E-state index contributed by atoms with van der Waals surface area (Å²) < 4.78 is 1.23. The van der Waals surface area contributed by atoms with Gasteiger partial charge in [-0.05, 0) is 38.7 Å². The molecule has 0 saturated heterocycles. The lowest BCUT2D eigenvalue weighted by Crippen LogP contribution is -2.16. The Morgan fingerprint density at radius 3 is 2.71 bits per heavy atom. The summed E-state index contributed by atoms with van der Waals surface area (Å²) in [4.78, 5) is 6.66. The van der Waals surface area contributed by atoms with Gasteiger partial charge in [-0.3, -0.25) is 0 Å². The maximum Gasteiger partial charge on any atom is 0.107 e. The van der Waals surface area contributed by atoms with Crippen LogP contribution in [0.1, 0.15) is 23.5 Å². The van der Waals surface area contributed by atoms with Crippen molar-refractivity contribution in [3.05, 3.63) is 28.8 Å². The summed E-state index contributed by atoms with van der Waals surface area (Å²) in [5.74, 6) is 0. The third-order valence-electron chi connectivity index (χ3n) is 2.89. The van der Waals surface area contributed by atoms with Gasteiger partial charge >= 0.3 is 0 Å². The molecule has 1 unspecified atom stereocenters. The van der Waals surface area contributed by atoms with Crippen molar-refractivity contribution in [3.8, 4) is 0 Å². The Hall–Kier alpha value is -0.680. The van der Waals surface area contributed by atoms with E-state index >= 15 is 0 Å². The fourth-order valence-electron chi connectivity index (χ4n) is 1.63. The SMILES string of the molecule is CC(c1ccc2nc(CN)sc2c1)N(C)C.Cl. The van der Waals surface area contributed by atoms with Gasteiger partial charge in [0.1, 0.15) is 5.01 Å². The summed E-state index contributed by atoms with van der Waals surface area (Å²) in [6.45, 7) is 2.73. The van der Waals surface area contributed by atoms with E-state index < -0.39 is 0 Å². The highest BCUT2D eigenvalue weighted by molar-refractivity contribution is 7.18. The van der Waals surface area contributed by atoms with Crippen LogP contribution in [0.3, 0.4) is 0 Å². The molecule has 1 atom stereocenters. The highest BCUT2D eigenvalue weighted by Crippen LogP contribution is 2.26. The number of fused-ring (bicyclic) bond motifs is 1. The highest BCUT2D eigenvalue weighted by Gasteiger charge is 2.10. The zero-order valence-electron chi connectivity index (χ0n) is 10.3. The molecule has 17 heavy (non-hydrogen) atoms. The van der Waals surface area contributed by atoms with Crippen LogP contribution < -0.4 is 5.73 Å². The van der Waals surface area contributed by atoms with E-state index in [2.05, 4.69) is 49.1 Å². The first-order chi connectivity index (χ1) is 7.61. The van der Waals surface area contributed by atoms with Crippen molar-refractivity contribution in [2.24, 2.45) is 5.73 Å². The van der Waals surface area contributed by atoms with Crippen molar-refractivity contribution in [1.29, 1.82) is 0 Å². The van der Waals surface area contributed by atoms with Gasteiger partial charge in [-0.2, -0.15) is 0 Å². The molecule has 0 fully saturated rings. The lowest BCUT2D eigenvalue weighted by atomic mass is 10.1. The first-order valence-corrected chi connectivity index (χ1v) is 6.19. The molecule has 0 saturated carbocycles. The minimum absolute atomic E-state index is 0. The van der Waals surface area contributed by atoms with Gasteiger partial charge in [0.05, 0.1) is 10.2 Å². The van der Waals surface area contributed by atoms with E-state index in [0.717, 1.165) is 10.5 Å². The molecular weight excluding hydrogens is 254 g/mol. The third-order valence-corrected chi connectivity index (χ3v) is 3.93. The van der Waals surface area contributed by atoms with Gasteiger partial charge in [0.25, 0.3) is 0 Å². The van der Waals surface area contributed by atoms with Gasteiger partial charge in [-0.25, -0.2) is 4.98 Å². The van der Waals surface area contributed by atoms with E-state index in [-0.39, 0.29) is 12.4 Å². The van der Waals surface area contributed by atoms with E-state index in [4.69, 9.17) is 5.73 Å². The normalized spacial score (nSPS) is 12.8. The van der Waals surface area contributed by atoms with E-state index in [1.54, 1.807) is 11.3 Å². The van der Waals surface area contributed by atoms with Gasteiger partial charge in [0.2, 0.25) is 0 Å². The molecule has 0 aliphatic heterocycles. The Labute approximate surface area is 112 Å². The average Bonchev–Trinajstić information content (AvgIpc) is 2.69. The second-order valence-electron chi connectivity index (χ2n) is 4.18. The maximum absolute atomic E-state index is 5.60. The van der Waals surface area contributed by atoms with E-state index in [9.17, 15) is 0 Å². The second kappa shape index (κ2) is 5.78. The molecule has 0 aliphatic carbocycles. The largest absolute Gasteiger partial charge is 0.325 e. The molecule has 1 heterocycles. The first kappa shape index (κ1) is 14.4. The Kier molecular flexibility index (Phi) is 4.89. The van der Waals surface area contributed by atoms with Crippen LogP contribution in [0.5, 0.6) is 0 Å². The van der Waals surface area contributed by atoms with Gasteiger partial charge in [-0.15, -0.1) is 23.7 Å². The monoisotopic (exact) mass is 271 g/mol. The smallest absolute Gasteiger partial charge is 0.107 e. The van der Waals surface area contributed by atoms with Crippen LogP contribution in [0.25, 0.3) is 10.2 Å². The number of hydrogen-bond donors (Lipinski definition) is 1. The number of halogens is 1. The highest BCUT2D eigenvalue weighted by atomic mass is 35.5. The first-order valence-electron chi connectivity index (χ1n) is 5.37. The summed E-state index contributed by atoms with van der Waals surface area (Å²) in [6.07, 6.45) is 0. The topological polar surface area (TPSA) is 42.1 Å². The molecular formula is C12H18ClN3S. The fourth-order valence-corrected chi connectivity index (χ4v) is 2.53. The number of benzene rings is 1. The minimum Gasteiger partial charge on any atom is -0.325 e. The van der Waals surface area contributed by atoms with Crippen LogP contribution >= 0.6 is 23.7 Å². The van der Waals surface area contributed by atoms with Gasteiger partial charge in [-0.1, -0.05) is 6.07 Å². The molecule has 0 aliphatic rings. The standard InChI is InChI=1S/C12H17N3S.ClH/c1-8(15(2)3)9-4-5-10-11(6-9)16-12(7-13)14-10;/h4-6,8H,7,13H2,1-3H3;1H. The van der Waals surface area contributed by atoms with Crippen molar-refractivity contribution in [2.45, 2.75) is 19.5 Å². The second-order valence-corrected chi connectivity index (χ2v) is 5.29. The summed E-state index contributed by atoms with van der Waals surface area (Å²) >= 11 is 1.69. The molecule has 5 heteroatoms. The molecule has 2 aromatic rings. The molecule has 1 aromatic heterocycles. The van der Waals surface area contributed by atoms with Crippen molar-refractivity contribution >= 4 is 34.0 Å². The Morgan fingerprint density at radius 1 is 1.41 bits per heavy atom. The van der Waals surface area contributed by atoms with Crippen LogP contribution in [0, 0.1) is 0 Å². The minimum atomic E-state index is 0. The number of nitrogens with two attached hydrogens (primary N) is 1. The molecule has 0 bridgehead atoms. The number of thiazole rings is 1. The summed E-state index contributed by atoms with van der Waals surface area (Å²) in [5, 5.41) is 1.00. The lowest BCUT2D eigenvalue weighted by molar-refractivity contribution is 0.321. The maximum atomic E-state index is 5.60. The van der Waals surface area contributed by atoms with Crippen LogP contribution in [-0.4, -0.2) is 24.0 Å². The third kappa shape index (κ3) is 2.96. The van der Waals surface area contributed by atoms with Crippen molar-refractivity contribution < 1.29 is 0 Å². The van der Waals surface area contributed by atoms with Crippen molar-refractivity contribution in [3.63, 3.8) is 0 Å². The number of rotatable bonds is 3. The Balaban J connectivity index is 0.00000144. The van der Waals surface area contributed by atoms with E-state index in [1.165, 1.54) is 10.3 Å². The molecule has 0 radical (unpaired) electrons. The lowest BCUT2D eigenvalue weighted by Gasteiger charge is -2.19. The number of nitrogens with zero attached hydrogens (tertiary/aromatic N) is 2. The molecule has 2 rings (SSSR count). The fraction of sp³-hybridized carbons (Fsp3) is 0.417. The van der Waals surface area contributed by atoms with Crippen molar-refractivity contribution in [1.82, 2.24) is 9.88 Å². The molecule has 0 amide bonds. The number of hydrogen-bond acceptors (Lipinski definition) is 4. The van der Waals surface area contributed by atoms with Gasteiger partial charge < -0.3 is 10.6 Å². The van der Waals surface area contributed by atoms with Gasteiger partial charge in [0, 0.05) is 12.6 Å². The van der Waals surface area contributed by atoms with Crippen LogP contribution in [-0.2, 0) is 6.54 Å². The molecule has 0 spiro atoms. The van der Waals surface area contributed by atoms with E-state index in [0.29, 0.717) is 12.6 Å². The Bertz CT molecular complexity index is 495. The summed E-state index contributed by atoms with van der Waals surface area (Å²) in [5.41, 5.74) is 7.98. The van der Waals surface area contributed by atoms with Crippen LogP contribution in [0.2, 0.25) is 0 Å². The number of aromatic nitrogens is 1. The zero-order valence-corrected chi connectivity index (χ0v) is 11.9. The van der Waals surface area contributed by atoms with Crippen molar-refractivity contribution in [2.75, 3.05) is 14.1 Å². The molecule has 1 aromatic carbocycles. The Morgan fingerprint density at radius 2 is 2.12 bits per heavy atom. The predicted octanol–water partition coefficient (Wildman–Crippen LogP) is 2.80. The average molecular weight is 272 g/mol. The zero-order chi connectivity index (χ0) is 11.7. The molecule has 94 valence electrons. The summed E-state index contributed by atoms with van der Waals surface area (Å²) in [7, 11) is 4.18. The van der Waals surface area contributed by atoms with E-state index in [1.807, 2.05) is 0 Å². The molecule has 2 N–H and O–H groups in total. The van der Waals surface area contributed by atoms with Crippen LogP contribution in [0.15, 0.2) is 18.2 Å². The molecule has 3 nitrogen and oxygen atoms in total. The van der Waals surface area contributed by atoms with Crippen LogP contribution in [0.4, 0.5) is 0 Å². The predicted molar refractivity (Wildman–Crippen MR) is 76.9 cm³/mol.